The average molecular weight is 656 g/mol. The maximum absolute atomic E-state index is 13.3. The third kappa shape index (κ3) is 7.46. The van der Waals surface area contributed by atoms with Crippen LogP contribution in [0.15, 0.2) is 79.3 Å². The van der Waals surface area contributed by atoms with Crippen molar-refractivity contribution < 1.29 is 28.5 Å². The molecule has 0 spiro atoms. The van der Waals surface area contributed by atoms with Crippen molar-refractivity contribution in [3.8, 4) is 5.69 Å². The first kappa shape index (κ1) is 32.4. The Kier molecular flexibility index (Phi) is 9.07. The highest BCUT2D eigenvalue weighted by Crippen LogP contribution is 2.44. The molecule has 0 aliphatic carbocycles. The van der Waals surface area contributed by atoms with Gasteiger partial charge in [-0.05, 0) is 76.1 Å². The summed E-state index contributed by atoms with van der Waals surface area (Å²) in [6.45, 7) is 9.60. The average Bonchev–Trinajstić information content (AvgIpc) is 3.75. The lowest BCUT2D eigenvalue weighted by atomic mass is 9.98. The Morgan fingerprint density at radius 3 is 2.08 bits per heavy atom. The van der Waals surface area contributed by atoms with Gasteiger partial charge in [-0.2, -0.15) is 0 Å². The number of benzene rings is 1. The molecular formula is C35H41N7O6. The zero-order chi connectivity index (χ0) is 33.3. The van der Waals surface area contributed by atoms with E-state index in [1.807, 2.05) is 94.6 Å². The number of carbonyl (C=O) groups is 1. The van der Waals surface area contributed by atoms with E-state index in [9.17, 15) is 4.79 Å². The molecular weight excluding hydrogens is 614 g/mol. The van der Waals surface area contributed by atoms with Crippen molar-refractivity contribution in [1.29, 1.82) is 0 Å². The fourth-order valence-corrected chi connectivity index (χ4v) is 6.40. The summed E-state index contributed by atoms with van der Waals surface area (Å²) in [4.78, 5) is 24.6. The number of nitrogens with zero attached hydrogens (tertiary/aromatic N) is 6. The molecule has 4 aromatic rings. The minimum atomic E-state index is -0.886. The molecule has 6 heterocycles. The van der Waals surface area contributed by atoms with E-state index in [0.717, 1.165) is 28.3 Å². The predicted molar refractivity (Wildman–Crippen MR) is 172 cm³/mol. The minimum absolute atomic E-state index is 0.273. The monoisotopic (exact) mass is 655 g/mol. The summed E-state index contributed by atoms with van der Waals surface area (Å²) in [5.74, 6) is -1.99. The molecule has 3 aliphatic rings. The van der Waals surface area contributed by atoms with Crippen LogP contribution in [0.2, 0.25) is 0 Å². The molecule has 1 N–H and O–H groups in total. The van der Waals surface area contributed by atoms with Crippen molar-refractivity contribution in [1.82, 2.24) is 35.2 Å². The lowest BCUT2D eigenvalue weighted by Crippen LogP contribution is -2.59. The first-order chi connectivity index (χ1) is 23.1. The molecule has 5 atom stereocenters. The van der Waals surface area contributed by atoms with Gasteiger partial charge in [0.15, 0.2) is 24.0 Å². The van der Waals surface area contributed by atoms with E-state index in [1.165, 1.54) is 0 Å². The van der Waals surface area contributed by atoms with Gasteiger partial charge in [0.05, 0.1) is 29.0 Å². The molecule has 3 saturated heterocycles. The summed E-state index contributed by atoms with van der Waals surface area (Å²) in [7, 11) is 0. The van der Waals surface area contributed by atoms with E-state index in [-0.39, 0.29) is 5.91 Å². The van der Waals surface area contributed by atoms with E-state index in [1.54, 1.807) is 17.1 Å². The summed E-state index contributed by atoms with van der Waals surface area (Å²) in [6.07, 6.45) is 3.01. The van der Waals surface area contributed by atoms with Gasteiger partial charge < -0.3 is 29.0 Å². The van der Waals surface area contributed by atoms with Gasteiger partial charge in [-0.3, -0.25) is 19.7 Å². The lowest BCUT2D eigenvalue weighted by molar-refractivity contribution is -0.231. The minimum Gasteiger partial charge on any atom is -0.353 e. The second kappa shape index (κ2) is 13.4. The fraction of sp³-hybridized carbons (Fsp3) is 0.457. The maximum Gasteiger partial charge on any atom is 0.252 e. The molecule has 48 heavy (non-hydrogen) atoms. The summed E-state index contributed by atoms with van der Waals surface area (Å²) < 4.78 is 32.0. The van der Waals surface area contributed by atoms with Gasteiger partial charge >= 0.3 is 0 Å². The van der Waals surface area contributed by atoms with Crippen molar-refractivity contribution in [3.05, 3.63) is 102 Å². The van der Waals surface area contributed by atoms with Gasteiger partial charge in [0, 0.05) is 38.6 Å². The highest BCUT2D eigenvalue weighted by atomic mass is 16.9. The number of fused-ring (bicyclic) bond motifs is 3. The van der Waals surface area contributed by atoms with Crippen molar-refractivity contribution in [2.24, 2.45) is 0 Å². The molecule has 1 aromatic carbocycles. The van der Waals surface area contributed by atoms with Crippen LogP contribution in [0.4, 0.5) is 0 Å². The van der Waals surface area contributed by atoms with Gasteiger partial charge in [0.1, 0.15) is 18.3 Å². The third-order valence-corrected chi connectivity index (χ3v) is 8.48. The number of aromatic nitrogens is 5. The Balaban J connectivity index is 0.943. The molecule has 252 valence electrons. The Hall–Kier alpha value is -4.11. The quantitative estimate of drug-likeness (QED) is 0.255. The topological polar surface area (TPSA) is 135 Å². The fourth-order valence-electron chi connectivity index (χ4n) is 6.40. The van der Waals surface area contributed by atoms with Crippen LogP contribution in [0.5, 0.6) is 0 Å². The Labute approximate surface area is 279 Å². The molecule has 0 saturated carbocycles. The molecule has 3 aliphatic heterocycles. The van der Waals surface area contributed by atoms with Crippen LogP contribution in [0.1, 0.15) is 50.3 Å². The number of hydrogen-bond donors (Lipinski definition) is 1. The predicted octanol–water partition coefficient (Wildman–Crippen LogP) is 3.31. The van der Waals surface area contributed by atoms with Crippen molar-refractivity contribution >= 4 is 5.91 Å². The van der Waals surface area contributed by atoms with E-state index < -0.39 is 42.3 Å². The summed E-state index contributed by atoms with van der Waals surface area (Å²) >= 11 is 0. The van der Waals surface area contributed by atoms with E-state index in [0.29, 0.717) is 32.6 Å². The van der Waals surface area contributed by atoms with Gasteiger partial charge in [0.25, 0.3) is 5.91 Å². The number of hydrogen-bond acceptors (Lipinski definition) is 11. The molecule has 1 amide bonds. The number of nitrogens with one attached hydrogen (secondary N) is 1. The van der Waals surface area contributed by atoms with Gasteiger partial charge in [-0.25, -0.2) is 4.68 Å². The van der Waals surface area contributed by atoms with Crippen molar-refractivity contribution in [2.75, 3.05) is 6.54 Å². The van der Waals surface area contributed by atoms with E-state index in [4.69, 9.17) is 23.7 Å². The highest BCUT2D eigenvalue weighted by Gasteiger charge is 2.62. The second-order valence-corrected chi connectivity index (χ2v) is 13.2. The van der Waals surface area contributed by atoms with Crippen LogP contribution in [-0.2, 0) is 54.5 Å². The summed E-state index contributed by atoms with van der Waals surface area (Å²) in [6, 6.07) is 19.9. The van der Waals surface area contributed by atoms with Gasteiger partial charge in [-0.1, -0.05) is 29.5 Å². The molecule has 7 rings (SSSR count). The second-order valence-electron chi connectivity index (χ2n) is 13.2. The molecule has 0 unspecified atom stereocenters. The number of pyridine rings is 2. The standard InChI is InChI=1S/C35H41N7O6/c1-34(2)45-28-29(46-34)31-33(48-35(3,4)47-31)44-30(28)32(43)38-18-15-23-11-13-27(14-12-23)42-22-26(39-40-42)21-41(19-24-9-5-7-16-36-24)20-25-10-6-8-17-37-25/h5-14,16-17,22,28-31,33H,15,18-21H2,1-4H3,(H,38,43)/t28-,29+,30+,31-,33-/m1/s1. The highest BCUT2D eigenvalue weighted by molar-refractivity contribution is 5.81. The SMILES string of the molecule is CC1(C)O[C@H]2[C@@H](O1)[C@@H](C(=O)NCCc1ccc(-n3cc(CN(Cc4ccccn4)Cc4ccccn4)nn3)cc1)O[C@@H]1OC(C)(C)O[C@@H]12. The van der Waals surface area contributed by atoms with Crippen LogP contribution in [0.3, 0.4) is 0 Å². The summed E-state index contributed by atoms with van der Waals surface area (Å²) in [5, 5.41) is 11.8. The smallest absolute Gasteiger partial charge is 0.252 e. The molecule has 0 radical (unpaired) electrons. The maximum atomic E-state index is 13.3. The Bertz CT molecular complexity index is 1640. The van der Waals surface area contributed by atoms with Gasteiger partial charge in [0.2, 0.25) is 0 Å². The van der Waals surface area contributed by atoms with E-state index >= 15 is 0 Å². The Morgan fingerprint density at radius 1 is 0.792 bits per heavy atom. The number of rotatable bonds is 11. The van der Waals surface area contributed by atoms with Crippen LogP contribution in [-0.4, -0.2) is 84.6 Å². The van der Waals surface area contributed by atoms with Crippen molar-refractivity contribution in [2.45, 2.75) is 96.0 Å². The van der Waals surface area contributed by atoms with Crippen LogP contribution < -0.4 is 5.32 Å². The first-order valence-corrected chi connectivity index (χ1v) is 16.3. The molecule has 0 bridgehead atoms. The molecule has 3 fully saturated rings. The number of carbonyl (C=O) groups excluding carboxylic acids is 1. The largest absolute Gasteiger partial charge is 0.353 e. The lowest BCUT2D eigenvalue weighted by Gasteiger charge is -2.36. The Morgan fingerprint density at radius 2 is 1.42 bits per heavy atom. The molecule has 13 nitrogen and oxygen atoms in total. The zero-order valence-electron chi connectivity index (χ0n) is 27.6. The normalized spacial score (nSPS) is 25.5. The van der Waals surface area contributed by atoms with Crippen LogP contribution in [0, 0.1) is 0 Å². The molecule has 3 aromatic heterocycles. The number of amides is 1. The molecule has 13 heteroatoms. The zero-order valence-corrected chi connectivity index (χ0v) is 27.6. The van der Waals surface area contributed by atoms with Crippen LogP contribution in [0.25, 0.3) is 5.69 Å². The van der Waals surface area contributed by atoms with E-state index in [2.05, 4.69) is 30.5 Å². The first-order valence-electron chi connectivity index (χ1n) is 16.3. The summed E-state index contributed by atoms with van der Waals surface area (Å²) in [5.41, 5.74) is 4.74. The van der Waals surface area contributed by atoms with Crippen molar-refractivity contribution in [3.63, 3.8) is 0 Å². The number of ether oxygens (including phenoxy) is 5. The van der Waals surface area contributed by atoms with Gasteiger partial charge in [-0.15, -0.1) is 5.10 Å². The third-order valence-electron chi connectivity index (χ3n) is 8.48. The van der Waals surface area contributed by atoms with Crippen LogP contribution >= 0.6 is 0 Å².